The number of nitrogens with zero attached hydrogens (tertiary/aromatic N) is 1. The maximum atomic E-state index is 12.7. The molecule has 0 spiro atoms. The normalized spacial score (nSPS) is 15.6. The van der Waals surface area contributed by atoms with Crippen LogP contribution in [0, 0.1) is 0 Å². The molecule has 1 aromatic carbocycles. The fraction of sp³-hybridized carbons (Fsp3) is 0.600. The van der Waals surface area contributed by atoms with Crippen LogP contribution >= 0.6 is 11.6 Å². The summed E-state index contributed by atoms with van der Waals surface area (Å²) in [6.45, 7) is 3.78. The predicted molar refractivity (Wildman–Crippen MR) is 79.9 cm³/mol. The number of nitrogens with one attached hydrogen (secondary N) is 1. The van der Waals surface area contributed by atoms with E-state index in [-0.39, 0.29) is 6.04 Å². The highest BCUT2D eigenvalue weighted by Crippen LogP contribution is 2.38. The Morgan fingerprint density at radius 3 is 2.48 bits per heavy atom. The van der Waals surface area contributed by atoms with Crippen molar-refractivity contribution in [2.75, 3.05) is 11.4 Å². The van der Waals surface area contributed by atoms with Crippen molar-refractivity contribution in [3.05, 3.63) is 28.8 Å². The molecule has 1 N–H and O–H groups in total. The number of anilines is 1. The second-order valence-corrected chi connectivity index (χ2v) is 6.20. The van der Waals surface area contributed by atoms with Gasteiger partial charge < -0.3 is 10.2 Å². The summed E-state index contributed by atoms with van der Waals surface area (Å²) >= 11 is 6.20. The summed E-state index contributed by atoms with van der Waals surface area (Å²) < 4.78 is 38.1. The van der Waals surface area contributed by atoms with Gasteiger partial charge in [-0.05, 0) is 30.5 Å². The Hall–Kier alpha value is -0.940. The lowest BCUT2D eigenvalue weighted by Crippen LogP contribution is -2.36. The van der Waals surface area contributed by atoms with Crippen molar-refractivity contribution in [3.63, 3.8) is 0 Å². The molecular weight excluding hydrogens is 301 g/mol. The smallest absolute Gasteiger partial charge is 0.358 e. The van der Waals surface area contributed by atoms with Gasteiger partial charge in [-0.1, -0.05) is 31.5 Å². The molecule has 0 aliphatic heterocycles. The number of hydrogen-bond acceptors (Lipinski definition) is 2. The molecule has 0 amide bonds. The Kier molecular flexibility index (Phi) is 5.04. The second kappa shape index (κ2) is 6.44. The Labute approximate surface area is 128 Å². The van der Waals surface area contributed by atoms with E-state index >= 15 is 0 Å². The fourth-order valence-electron chi connectivity index (χ4n) is 2.21. The molecule has 0 heterocycles. The van der Waals surface area contributed by atoms with Crippen LogP contribution in [0.3, 0.4) is 0 Å². The zero-order valence-electron chi connectivity index (χ0n) is 12.2. The van der Waals surface area contributed by atoms with E-state index in [1.54, 1.807) is 12.1 Å². The SMILES string of the molecule is CC(C)NCc1ccc(N(CC(F)(F)F)C2CC2)c(Cl)c1. The molecule has 0 saturated heterocycles. The Morgan fingerprint density at radius 1 is 1.33 bits per heavy atom. The highest BCUT2D eigenvalue weighted by molar-refractivity contribution is 6.33. The summed E-state index contributed by atoms with van der Waals surface area (Å²) in [5, 5.41) is 3.64. The highest BCUT2D eigenvalue weighted by Gasteiger charge is 2.38. The molecule has 1 aromatic rings. The first-order valence-electron chi connectivity index (χ1n) is 7.11. The van der Waals surface area contributed by atoms with Crippen LogP contribution in [0.1, 0.15) is 32.3 Å². The molecule has 1 aliphatic carbocycles. The summed E-state index contributed by atoms with van der Waals surface area (Å²) in [5.41, 5.74) is 1.45. The summed E-state index contributed by atoms with van der Waals surface area (Å²) in [6, 6.07) is 5.59. The third-order valence-electron chi connectivity index (χ3n) is 3.37. The first-order valence-corrected chi connectivity index (χ1v) is 7.49. The highest BCUT2D eigenvalue weighted by atomic mass is 35.5. The first-order chi connectivity index (χ1) is 9.76. The maximum absolute atomic E-state index is 12.7. The van der Waals surface area contributed by atoms with E-state index in [1.165, 1.54) is 4.90 Å². The van der Waals surface area contributed by atoms with Gasteiger partial charge in [0.15, 0.2) is 0 Å². The third-order valence-corrected chi connectivity index (χ3v) is 3.68. The van der Waals surface area contributed by atoms with Crippen LogP contribution in [-0.4, -0.2) is 24.8 Å². The fourth-order valence-corrected chi connectivity index (χ4v) is 2.52. The minimum atomic E-state index is -4.22. The Balaban J connectivity index is 2.14. The summed E-state index contributed by atoms with van der Waals surface area (Å²) in [7, 11) is 0. The maximum Gasteiger partial charge on any atom is 0.405 e. The summed E-state index contributed by atoms with van der Waals surface area (Å²) in [5.74, 6) is 0. The summed E-state index contributed by atoms with van der Waals surface area (Å²) in [4.78, 5) is 1.38. The van der Waals surface area contributed by atoms with E-state index in [9.17, 15) is 13.2 Å². The van der Waals surface area contributed by atoms with Gasteiger partial charge in [0.25, 0.3) is 0 Å². The van der Waals surface area contributed by atoms with Gasteiger partial charge in [-0.2, -0.15) is 13.2 Å². The molecule has 6 heteroatoms. The first kappa shape index (κ1) is 16.4. The molecule has 0 radical (unpaired) electrons. The predicted octanol–water partition coefficient (Wildman–Crippen LogP) is 4.37. The van der Waals surface area contributed by atoms with E-state index in [0.717, 1.165) is 18.4 Å². The van der Waals surface area contributed by atoms with Crippen molar-refractivity contribution in [1.29, 1.82) is 0 Å². The van der Waals surface area contributed by atoms with Crippen LogP contribution in [0.5, 0.6) is 0 Å². The lowest BCUT2D eigenvalue weighted by Gasteiger charge is -2.27. The quantitative estimate of drug-likeness (QED) is 0.837. The Morgan fingerprint density at radius 2 is 2.00 bits per heavy atom. The molecule has 0 bridgehead atoms. The minimum absolute atomic E-state index is 0.0382. The van der Waals surface area contributed by atoms with Gasteiger partial charge in [0.1, 0.15) is 6.54 Å². The van der Waals surface area contributed by atoms with Gasteiger partial charge >= 0.3 is 6.18 Å². The van der Waals surface area contributed by atoms with Crippen molar-refractivity contribution in [2.24, 2.45) is 0 Å². The van der Waals surface area contributed by atoms with E-state index in [1.807, 2.05) is 19.9 Å². The third kappa shape index (κ3) is 5.08. The molecule has 2 nitrogen and oxygen atoms in total. The molecule has 1 aliphatic rings. The molecule has 0 atom stereocenters. The van der Waals surface area contributed by atoms with E-state index in [2.05, 4.69) is 5.32 Å². The van der Waals surface area contributed by atoms with Crippen LogP contribution in [0.4, 0.5) is 18.9 Å². The van der Waals surface area contributed by atoms with Crippen LogP contribution in [0.2, 0.25) is 5.02 Å². The van der Waals surface area contributed by atoms with Crippen LogP contribution < -0.4 is 10.2 Å². The Bertz CT molecular complexity index is 484. The molecule has 2 rings (SSSR count). The number of hydrogen-bond donors (Lipinski definition) is 1. The molecular formula is C15H20ClF3N2. The van der Waals surface area contributed by atoms with Crippen molar-refractivity contribution in [3.8, 4) is 0 Å². The van der Waals surface area contributed by atoms with Crippen LogP contribution in [0.15, 0.2) is 18.2 Å². The van der Waals surface area contributed by atoms with E-state index < -0.39 is 12.7 Å². The van der Waals surface area contributed by atoms with Crippen molar-refractivity contribution in [2.45, 2.75) is 51.5 Å². The molecule has 118 valence electrons. The van der Waals surface area contributed by atoms with Gasteiger partial charge in [-0.15, -0.1) is 0 Å². The zero-order valence-corrected chi connectivity index (χ0v) is 12.9. The average Bonchev–Trinajstić information content (AvgIpc) is 3.17. The van der Waals surface area contributed by atoms with Crippen LogP contribution in [-0.2, 0) is 6.54 Å². The van der Waals surface area contributed by atoms with Crippen molar-refractivity contribution in [1.82, 2.24) is 5.32 Å². The van der Waals surface area contributed by atoms with E-state index in [4.69, 9.17) is 11.6 Å². The molecule has 21 heavy (non-hydrogen) atoms. The number of halogens is 4. The van der Waals surface area contributed by atoms with Gasteiger partial charge in [-0.3, -0.25) is 0 Å². The molecule has 0 aromatic heterocycles. The number of alkyl halides is 3. The second-order valence-electron chi connectivity index (χ2n) is 5.80. The molecule has 0 unspecified atom stereocenters. The lowest BCUT2D eigenvalue weighted by atomic mass is 10.1. The average molecular weight is 321 g/mol. The topological polar surface area (TPSA) is 15.3 Å². The standard InChI is InChI=1S/C15H20ClF3N2/c1-10(2)20-8-11-3-6-14(13(16)7-11)21(12-4-5-12)9-15(17,18)19/h3,6-7,10,12,20H,4-5,8-9H2,1-2H3. The molecule has 1 saturated carbocycles. The molecule has 1 fully saturated rings. The zero-order chi connectivity index (χ0) is 15.6. The largest absolute Gasteiger partial charge is 0.405 e. The van der Waals surface area contributed by atoms with Crippen LogP contribution in [0.25, 0.3) is 0 Å². The van der Waals surface area contributed by atoms with Gasteiger partial charge in [0.2, 0.25) is 0 Å². The van der Waals surface area contributed by atoms with Crippen molar-refractivity contribution < 1.29 is 13.2 Å². The van der Waals surface area contributed by atoms with Crippen molar-refractivity contribution >= 4 is 17.3 Å². The summed E-state index contributed by atoms with van der Waals surface area (Å²) in [6.07, 6.45) is -2.63. The lowest BCUT2D eigenvalue weighted by molar-refractivity contribution is -0.120. The van der Waals surface area contributed by atoms with E-state index in [0.29, 0.717) is 23.3 Å². The van der Waals surface area contributed by atoms with Gasteiger partial charge in [-0.25, -0.2) is 0 Å². The van der Waals surface area contributed by atoms with Gasteiger partial charge in [0, 0.05) is 18.6 Å². The monoisotopic (exact) mass is 320 g/mol. The van der Waals surface area contributed by atoms with Gasteiger partial charge in [0.05, 0.1) is 10.7 Å². The number of rotatable bonds is 6. The number of benzene rings is 1. The minimum Gasteiger partial charge on any atom is -0.358 e.